The molecule has 5 nitrogen and oxygen atoms in total. The first kappa shape index (κ1) is 16.8. The number of amides is 1. The van der Waals surface area contributed by atoms with Crippen molar-refractivity contribution in [1.82, 2.24) is 15.3 Å². The van der Waals surface area contributed by atoms with Gasteiger partial charge in [0.2, 0.25) is 5.91 Å². The molecule has 1 amide bonds. The molecule has 122 valence electrons. The van der Waals surface area contributed by atoms with Crippen molar-refractivity contribution in [1.29, 1.82) is 0 Å². The van der Waals surface area contributed by atoms with Crippen LogP contribution in [0.4, 0.5) is 0 Å². The molecule has 1 heterocycles. The summed E-state index contributed by atoms with van der Waals surface area (Å²) in [5, 5.41) is 2.77. The van der Waals surface area contributed by atoms with Crippen molar-refractivity contribution in [2.45, 2.75) is 26.2 Å². The molecule has 0 fully saturated rings. The van der Waals surface area contributed by atoms with E-state index in [9.17, 15) is 4.79 Å². The number of aromatic nitrogens is 2. The second-order valence-corrected chi connectivity index (χ2v) is 6.25. The Morgan fingerprint density at radius 3 is 2.65 bits per heavy atom. The van der Waals surface area contributed by atoms with Crippen molar-refractivity contribution in [3.63, 3.8) is 0 Å². The number of hydrogen-bond donors (Lipinski definition) is 2. The summed E-state index contributed by atoms with van der Waals surface area (Å²) >= 11 is 0. The number of rotatable bonds is 6. The molecular weight excluding hydrogens is 290 g/mol. The van der Waals surface area contributed by atoms with Gasteiger partial charge in [0.1, 0.15) is 12.4 Å². The fraction of sp³-hybridized carbons (Fsp3) is 0.333. The SMILES string of the molecule is CC(C)(C)c1ccc(OCCNC(=O)C=Cc2cnc[nH]2)cc1. The van der Waals surface area contributed by atoms with E-state index in [0.717, 1.165) is 11.4 Å². The van der Waals surface area contributed by atoms with Gasteiger partial charge in [-0.2, -0.15) is 0 Å². The fourth-order valence-electron chi connectivity index (χ4n) is 1.98. The molecule has 1 aromatic heterocycles. The zero-order chi connectivity index (χ0) is 16.7. The van der Waals surface area contributed by atoms with Crippen molar-refractivity contribution in [3.8, 4) is 5.75 Å². The van der Waals surface area contributed by atoms with Crippen molar-refractivity contribution in [2.75, 3.05) is 13.2 Å². The van der Waals surface area contributed by atoms with Crippen LogP contribution < -0.4 is 10.1 Å². The quantitative estimate of drug-likeness (QED) is 0.636. The molecule has 0 aliphatic rings. The Hall–Kier alpha value is -2.56. The van der Waals surface area contributed by atoms with Gasteiger partial charge in [-0.15, -0.1) is 0 Å². The maximum absolute atomic E-state index is 11.6. The van der Waals surface area contributed by atoms with E-state index >= 15 is 0 Å². The summed E-state index contributed by atoms with van der Waals surface area (Å²) in [6.07, 6.45) is 6.35. The zero-order valence-electron chi connectivity index (χ0n) is 13.8. The van der Waals surface area contributed by atoms with Gasteiger partial charge in [0.15, 0.2) is 0 Å². The lowest BCUT2D eigenvalue weighted by Crippen LogP contribution is -2.26. The molecular formula is C18H23N3O2. The molecule has 23 heavy (non-hydrogen) atoms. The van der Waals surface area contributed by atoms with E-state index in [-0.39, 0.29) is 11.3 Å². The number of H-pyrrole nitrogens is 1. The summed E-state index contributed by atoms with van der Waals surface area (Å²) in [7, 11) is 0. The summed E-state index contributed by atoms with van der Waals surface area (Å²) in [5.74, 6) is 0.645. The maximum Gasteiger partial charge on any atom is 0.244 e. The number of benzene rings is 1. The first-order valence-electron chi connectivity index (χ1n) is 7.63. The van der Waals surface area contributed by atoms with Gasteiger partial charge in [-0.3, -0.25) is 4.79 Å². The molecule has 0 aliphatic heterocycles. The van der Waals surface area contributed by atoms with E-state index in [2.05, 4.69) is 48.2 Å². The second kappa shape index (κ2) is 7.63. The smallest absolute Gasteiger partial charge is 0.244 e. The molecule has 0 radical (unpaired) electrons. The summed E-state index contributed by atoms with van der Waals surface area (Å²) in [5.41, 5.74) is 2.19. The molecule has 1 aromatic carbocycles. The molecule has 0 saturated carbocycles. The van der Waals surface area contributed by atoms with Crippen LogP contribution in [0.25, 0.3) is 6.08 Å². The highest BCUT2D eigenvalue weighted by molar-refractivity contribution is 5.91. The molecule has 2 aromatic rings. The maximum atomic E-state index is 11.6. The Bertz CT molecular complexity index is 638. The number of hydrogen-bond acceptors (Lipinski definition) is 3. The van der Waals surface area contributed by atoms with E-state index in [4.69, 9.17) is 4.74 Å². The standard InChI is InChI=1S/C18H23N3O2/c1-18(2,3)14-4-7-16(8-5-14)23-11-10-20-17(22)9-6-15-12-19-13-21-15/h4-9,12-13H,10-11H2,1-3H3,(H,19,21)(H,20,22). The number of imidazole rings is 1. The summed E-state index contributed by atoms with van der Waals surface area (Å²) in [6, 6.07) is 8.06. The summed E-state index contributed by atoms with van der Waals surface area (Å²) < 4.78 is 5.62. The van der Waals surface area contributed by atoms with Crippen LogP contribution in [0.5, 0.6) is 5.75 Å². The Labute approximate surface area is 136 Å². The first-order chi connectivity index (χ1) is 10.9. The van der Waals surface area contributed by atoms with Gasteiger partial charge in [0, 0.05) is 6.08 Å². The van der Waals surface area contributed by atoms with Gasteiger partial charge in [-0.25, -0.2) is 4.98 Å². The van der Waals surface area contributed by atoms with Gasteiger partial charge in [-0.1, -0.05) is 32.9 Å². The Morgan fingerprint density at radius 2 is 2.04 bits per heavy atom. The van der Waals surface area contributed by atoms with Crippen molar-refractivity contribution in [3.05, 3.63) is 54.1 Å². The number of carbonyl (C=O) groups excluding carboxylic acids is 1. The van der Waals surface area contributed by atoms with Crippen LogP contribution in [0.3, 0.4) is 0 Å². The minimum atomic E-state index is -0.161. The number of carbonyl (C=O) groups is 1. The van der Waals surface area contributed by atoms with Crippen molar-refractivity contribution < 1.29 is 9.53 Å². The largest absolute Gasteiger partial charge is 0.492 e. The molecule has 5 heteroatoms. The molecule has 0 bridgehead atoms. The topological polar surface area (TPSA) is 67.0 Å². The predicted molar refractivity (Wildman–Crippen MR) is 91.3 cm³/mol. The Balaban J connectivity index is 1.70. The highest BCUT2D eigenvalue weighted by atomic mass is 16.5. The van der Waals surface area contributed by atoms with Crippen molar-refractivity contribution in [2.24, 2.45) is 0 Å². The third-order valence-corrected chi connectivity index (χ3v) is 3.32. The number of ether oxygens (including phenoxy) is 1. The summed E-state index contributed by atoms with van der Waals surface area (Å²) in [4.78, 5) is 18.4. The molecule has 0 saturated heterocycles. The van der Waals surface area contributed by atoms with Crippen LogP contribution in [0.15, 0.2) is 42.9 Å². The van der Waals surface area contributed by atoms with E-state index in [1.165, 1.54) is 11.6 Å². The minimum Gasteiger partial charge on any atom is -0.492 e. The normalized spacial score (nSPS) is 11.6. The van der Waals surface area contributed by atoms with Crippen LogP contribution >= 0.6 is 0 Å². The average Bonchev–Trinajstić information content (AvgIpc) is 3.02. The van der Waals surface area contributed by atoms with Crippen LogP contribution in [-0.4, -0.2) is 29.0 Å². The third-order valence-electron chi connectivity index (χ3n) is 3.32. The van der Waals surface area contributed by atoms with E-state index < -0.39 is 0 Å². The highest BCUT2D eigenvalue weighted by Crippen LogP contribution is 2.24. The van der Waals surface area contributed by atoms with Crippen LogP contribution in [0, 0.1) is 0 Å². The zero-order valence-corrected chi connectivity index (χ0v) is 13.8. The predicted octanol–water partition coefficient (Wildman–Crippen LogP) is 2.92. The molecule has 0 atom stereocenters. The third kappa shape index (κ3) is 5.62. The van der Waals surface area contributed by atoms with Gasteiger partial charge in [0.25, 0.3) is 0 Å². The van der Waals surface area contributed by atoms with E-state index in [1.54, 1.807) is 18.6 Å². The number of nitrogens with zero attached hydrogens (tertiary/aromatic N) is 1. The highest BCUT2D eigenvalue weighted by Gasteiger charge is 2.12. The minimum absolute atomic E-state index is 0.132. The lowest BCUT2D eigenvalue weighted by Gasteiger charge is -2.19. The average molecular weight is 313 g/mol. The van der Waals surface area contributed by atoms with Gasteiger partial charge >= 0.3 is 0 Å². The van der Waals surface area contributed by atoms with Crippen LogP contribution in [0.1, 0.15) is 32.0 Å². The van der Waals surface area contributed by atoms with Gasteiger partial charge in [-0.05, 0) is 29.2 Å². The van der Waals surface area contributed by atoms with Gasteiger partial charge in [0.05, 0.1) is 24.8 Å². The molecule has 2 N–H and O–H groups in total. The Morgan fingerprint density at radius 1 is 1.30 bits per heavy atom. The van der Waals surface area contributed by atoms with Crippen LogP contribution in [0.2, 0.25) is 0 Å². The molecule has 0 unspecified atom stereocenters. The fourth-order valence-corrected chi connectivity index (χ4v) is 1.98. The molecule has 2 rings (SSSR count). The summed E-state index contributed by atoms with van der Waals surface area (Å²) in [6.45, 7) is 7.41. The first-order valence-corrected chi connectivity index (χ1v) is 7.63. The molecule has 0 spiro atoms. The second-order valence-electron chi connectivity index (χ2n) is 6.25. The van der Waals surface area contributed by atoms with Gasteiger partial charge < -0.3 is 15.0 Å². The van der Waals surface area contributed by atoms with E-state index in [1.807, 2.05) is 12.1 Å². The number of nitrogens with one attached hydrogen (secondary N) is 2. The molecule has 0 aliphatic carbocycles. The monoisotopic (exact) mass is 313 g/mol. The van der Waals surface area contributed by atoms with E-state index in [0.29, 0.717) is 13.2 Å². The Kier molecular flexibility index (Phi) is 5.57. The van der Waals surface area contributed by atoms with Crippen LogP contribution in [-0.2, 0) is 10.2 Å². The van der Waals surface area contributed by atoms with Crippen molar-refractivity contribution >= 4 is 12.0 Å². The number of aromatic amines is 1. The lowest BCUT2D eigenvalue weighted by molar-refractivity contribution is -0.116. The lowest BCUT2D eigenvalue weighted by atomic mass is 9.87.